The summed E-state index contributed by atoms with van der Waals surface area (Å²) >= 11 is 0. The SMILES string of the molecule is CN(CCc1ccncc1)C(=O)CNC(=O)NC1CC1. The smallest absolute Gasteiger partial charge is 0.315 e. The van der Waals surface area contributed by atoms with Crippen molar-refractivity contribution in [1.82, 2.24) is 20.5 Å². The van der Waals surface area contributed by atoms with Crippen molar-refractivity contribution in [2.45, 2.75) is 25.3 Å². The van der Waals surface area contributed by atoms with Gasteiger partial charge in [0.2, 0.25) is 5.91 Å². The van der Waals surface area contributed by atoms with Crippen LogP contribution in [-0.2, 0) is 11.2 Å². The maximum atomic E-state index is 11.8. The van der Waals surface area contributed by atoms with E-state index in [4.69, 9.17) is 0 Å². The molecule has 1 aliphatic carbocycles. The van der Waals surface area contributed by atoms with Crippen LogP contribution in [0.25, 0.3) is 0 Å². The topological polar surface area (TPSA) is 74.3 Å². The molecule has 1 fully saturated rings. The van der Waals surface area contributed by atoms with Crippen molar-refractivity contribution >= 4 is 11.9 Å². The fourth-order valence-corrected chi connectivity index (χ4v) is 1.73. The quantitative estimate of drug-likeness (QED) is 0.796. The highest BCUT2D eigenvalue weighted by Gasteiger charge is 2.23. The third-order valence-corrected chi connectivity index (χ3v) is 3.22. The van der Waals surface area contributed by atoms with Gasteiger partial charge in [-0.2, -0.15) is 0 Å². The van der Waals surface area contributed by atoms with Crippen LogP contribution >= 0.6 is 0 Å². The molecular weight excluding hydrogens is 256 g/mol. The van der Waals surface area contributed by atoms with Gasteiger partial charge >= 0.3 is 6.03 Å². The van der Waals surface area contributed by atoms with Gasteiger partial charge in [0.1, 0.15) is 0 Å². The van der Waals surface area contributed by atoms with E-state index in [-0.39, 0.29) is 18.5 Å². The normalized spacial score (nSPS) is 13.7. The minimum absolute atomic E-state index is 0.0331. The summed E-state index contributed by atoms with van der Waals surface area (Å²) in [6.45, 7) is 0.653. The number of pyridine rings is 1. The highest BCUT2D eigenvalue weighted by atomic mass is 16.2. The summed E-state index contributed by atoms with van der Waals surface area (Å²) in [5, 5.41) is 5.36. The first-order chi connectivity index (χ1) is 9.65. The zero-order valence-corrected chi connectivity index (χ0v) is 11.6. The van der Waals surface area contributed by atoms with Crippen LogP contribution in [0.5, 0.6) is 0 Å². The summed E-state index contributed by atoms with van der Waals surface area (Å²) in [5.74, 6) is -0.0926. The number of rotatable bonds is 6. The Morgan fingerprint density at radius 2 is 2.05 bits per heavy atom. The minimum Gasteiger partial charge on any atom is -0.344 e. The van der Waals surface area contributed by atoms with Gasteiger partial charge in [-0.25, -0.2) is 4.79 Å². The number of likely N-dealkylation sites (N-methyl/N-ethyl adjacent to an activating group) is 1. The van der Waals surface area contributed by atoms with E-state index < -0.39 is 0 Å². The van der Waals surface area contributed by atoms with Gasteiger partial charge in [-0.3, -0.25) is 9.78 Å². The minimum atomic E-state index is -0.261. The van der Waals surface area contributed by atoms with E-state index in [9.17, 15) is 9.59 Å². The number of amides is 3. The Morgan fingerprint density at radius 1 is 1.35 bits per heavy atom. The van der Waals surface area contributed by atoms with E-state index in [1.54, 1.807) is 24.3 Å². The number of carbonyl (C=O) groups excluding carboxylic acids is 2. The van der Waals surface area contributed by atoms with Gasteiger partial charge in [0.25, 0.3) is 0 Å². The van der Waals surface area contributed by atoms with Crippen molar-refractivity contribution in [2.75, 3.05) is 20.1 Å². The van der Waals surface area contributed by atoms with Crippen LogP contribution in [0.4, 0.5) is 4.79 Å². The average Bonchev–Trinajstić information content (AvgIpc) is 3.27. The molecule has 6 heteroatoms. The molecule has 0 saturated heterocycles. The predicted octanol–water partition coefficient (Wildman–Crippen LogP) is 0.544. The first kappa shape index (κ1) is 14.3. The molecule has 1 aromatic heterocycles. The maximum Gasteiger partial charge on any atom is 0.315 e. The van der Waals surface area contributed by atoms with Crippen LogP contribution in [0.3, 0.4) is 0 Å². The molecule has 0 unspecified atom stereocenters. The molecule has 1 heterocycles. The van der Waals surface area contributed by atoms with Gasteiger partial charge in [-0.05, 0) is 37.0 Å². The van der Waals surface area contributed by atoms with Crippen LogP contribution in [0.2, 0.25) is 0 Å². The van der Waals surface area contributed by atoms with Crippen molar-refractivity contribution in [3.63, 3.8) is 0 Å². The molecule has 0 radical (unpaired) electrons. The van der Waals surface area contributed by atoms with Gasteiger partial charge in [-0.15, -0.1) is 0 Å². The number of hydrogen-bond donors (Lipinski definition) is 2. The summed E-state index contributed by atoms with van der Waals surface area (Å²) in [6, 6.07) is 3.90. The van der Waals surface area contributed by atoms with E-state index in [0.717, 1.165) is 24.8 Å². The van der Waals surface area contributed by atoms with Crippen LogP contribution in [0.15, 0.2) is 24.5 Å². The molecule has 2 N–H and O–H groups in total. The van der Waals surface area contributed by atoms with Crippen LogP contribution < -0.4 is 10.6 Å². The summed E-state index contributed by atoms with van der Waals surface area (Å²) < 4.78 is 0. The lowest BCUT2D eigenvalue weighted by molar-refractivity contribution is -0.128. The second kappa shape index (κ2) is 6.88. The first-order valence-electron chi connectivity index (χ1n) is 6.82. The standard InChI is InChI=1S/C14H20N4O2/c1-18(9-6-11-4-7-15-8-5-11)13(19)10-16-14(20)17-12-2-3-12/h4-5,7-8,12H,2-3,6,9-10H2,1H3,(H2,16,17,20). The van der Waals surface area contributed by atoms with Crippen molar-refractivity contribution < 1.29 is 9.59 Å². The molecule has 20 heavy (non-hydrogen) atoms. The summed E-state index contributed by atoms with van der Waals surface area (Å²) in [4.78, 5) is 28.8. The summed E-state index contributed by atoms with van der Waals surface area (Å²) in [6.07, 6.45) is 6.32. The van der Waals surface area contributed by atoms with E-state index in [1.807, 2.05) is 12.1 Å². The van der Waals surface area contributed by atoms with E-state index >= 15 is 0 Å². The fraction of sp³-hybridized carbons (Fsp3) is 0.500. The Kier molecular flexibility index (Phi) is 4.92. The highest BCUT2D eigenvalue weighted by molar-refractivity contribution is 5.84. The number of urea groups is 1. The zero-order valence-electron chi connectivity index (χ0n) is 11.6. The monoisotopic (exact) mass is 276 g/mol. The van der Waals surface area contributed by atoms with Crippen molar-refractivity contribution in [2.24, 2.45) is 0 Å². The molecule has 2 rings (SSSR count). The number of aromatic nitrogens is 1. The molecule has 6 nitrogen and oxygen atoms in total. The molecular formula is C14H20N4O2. The van der Waals surface area contributed by atoms with Crippen LogP contribution in [-0.4, -0.2) is 48.0 Å². The van der Waals surface area contributed by atoms with Crippen molar-refractivity contribution in [3.8, 4) is 0 Å². The largest absolute Gasteiger partial charge is 0.344 e. The Bertz CT molecular complexity index is 460. The average molecular weight is 276 g/mol. The molecule has 0 aliphatic heterocycles. The fourth-order valence-electron chi connectivity index (χ4n) is 1.73. The first-order valence-corrected chi connectivity index (χ1v) is 6.82. The lowest BCUT2D eigenvalue weighted by Crippen LogP contribution is -2.43. The van der Waals surface area contributed by atoms with Gasteiger partial charge in [-0.1, -0.05) is 0 Å². The summed E-state index contributed by atoms with van der Waals surface area (Å²) in [5.41, 5.74) is 1.14. The Morgan fingerprint density at radius 3 is 2.70 bits per heavy atom. The Hall–Kier alpha value is -2.11. The van der Waals surface area contributed by atoms with E-state index in [0.29, 0.717) is 12.6 Å². The maximum absolute atomic E-state index is 11.8. The molecule has 1 aliphatic rings. The van der Waals surface area contributed by atoms with Crippen LogP contribution in [0.1, 0.15) is 18.4 Å². The number of carbonyl (C=O) groups is 2. The van der Waals surface area contributed by atoms with Crippen LogP contribution in [0, 0.1) is 0 Å². The van der Waals surface area contributed by atoms with Gasteiger partial charge in [0.15, 0.2) is 0 Å². The van der Waals surface area contributed by atoms with Crippen molar-refractivity contribution in [1.29, 1.82) is 0 Å². The second-order valence-electron chi connectivity index (χ2n) is 5.02. The molecule has 0 bridgehead atoms. The van der Waals surface area contributed by atoms with E-state index in [2.05, 4.69) is 15.6 Å². The molecule has 0 atom stereocenters. The molecule has 0 spiro atoms. The molecule has 108 valence electrons. The summed E-state index contributed by atoms with van der Waals surface area (Å²) in [7, 11) is 1.74. The number of nitrogens with zero attached hydrogens (tertiary/aromatic N) is 2. The molecule has 1 saturated carbocycles. The van der Waals surface area contributed by atoms with Gasteiger partial charge < -0.3 is 15.5 Å². The molecule has 1 aromatic rings. The Balaban J connectivity index is 1.64. The van der Waals surface area contributed by atoms with Gasteiger partial charge in [0.05, 0.1) is 6.54 Å². The van der Waals surface area contributed by atoms with E-state index in [1.165, 1.54) is 0 Å². The number of hydrogen-bond acceptors (Lipinski definition) is 3. The lowest BCUT2D eigenvalue weighted by Gasteiger charge is -2.17. The zero-order chi connectivity index (χ0) is 14.4. The predicted molar refractivity (Wildman–Crippen MR) is 75.1 cm³/mol. The van der Waals surface area contributed by atoms with Gasteiger partial charge in [0, 0.05) is 32.0 Å². The third kappa shape index (κ3) is 4.87. The molecule has 0 aromatic carbocycles. The molecule has 3 amide bonds. The number of nitrogens with one attached hydrogen (secondary N) is 2. The third-order valence-electron chi connectivity index (χ3n) is 3.22. The van der Waals surface area contributed by atoms with Crippen molar-refractivity contribution in [3.05, 3.63) is 30.1 Å². The highest BCUT2D eigenvalue weighted by Crippen LogP contribution is 2.18. The lowest BCUT2D eigenvalue weighted by atomic mass is 10.2. The Labute approximate surface area is 118 Å². The second-order valence-corrected chi connectivity index (χ2v) is 5.02.